The van der Waals surface area contributed by atoms with Crippen molar-refractivity contribution in [2.45, 2.75) is 70.9 Å². The molecular weight excluding hydrogens is 446 g/mol. The summed E-state index contributed by atoms with van der Waals surface area (Å²) in [5, 5.41) is 0. The van der Waals surface area contributed by atoms with Crippen LogP contribution in [-0.4, -0.2) is 36.7 Å². The lowest BCUT2D eigenvalue weighted by Gasteiger charge is -2.49. The standard InChI is InChI=1S/C27H33F4NO2/c1-16-7-18-8-17(2)12-26(11-16,13-18)15-34-24-10-23(28)22(9-21(24)19-3-4-19)25(33)32-6-5-20(14-32)27(29,30)31/h5,9-10,16-19H,3-4,6-8,11-15H2,1-2H3. The number of fused-ring (bicyclic) bond motifs is 2. The molecule has 1 amide bonds. The summed E-state index contributed by atoms with van der Waals surface area (Å²) in [5.41, 5.74) is 0.00109. The van der Waals surface area contributed by atoms with Gasteiger partial charge in [-0.05, 0) is 80.2 Å². The van der Waals surface area contributed by atoms with Gasteiger partial charge in [-0.15, -0.1) is 0 Å². The Morgan fingerprint density at radius 1 is 1.12 bits per heavy atom. The second-order valence-electron chi connectivity index (χ2n) is 11.5. The Kier molecular flexibility index (Phi) is 5.96. The summed E-state index contributed by atoms with van der Waals surface area (Å²) in [6.07, 6.45) is 4.35. The molecule has 3 fully saturated rings. The molecule has 0 saturated heterocycles. The smallest absolute Gasteiger partial charge is 0.414 e. The fraction of sp³-hybridized carbons (Fsp3) is 0.667. The first-order valence-corrected chi connectivity index (χ1v) is 12.5. The normalized spacial score (nSPS) is 31.4. The summed E-state index contributed by atoms with van der Waals surface area (Å²) in [4.78, 5) is 14.0. The molecule has 1 aromatic carbocycles. The van der Waals surface area contributed by atoms with Crippen molar-refractivity contribution in [3.63, 3.8) is 0 Å². The first-order valence-electron chi connectivity index (χ1n) is 12.5. The number of alkyl halides is 3. The van der Waals surface area contributed by atoms with Crippen LogP contribution in [0.15, 0.2) is 23.8 Å². The largest absolute Gasteiger partial charge is 0.493 e. The maximum Gasteiger partial charge on any atom is 0.414 e. The lowest BCUT2D eigenvalue weighted by atomic mass is 9.57. The summed E-state index contributed by atoms with van der Waals surface area (Å²) in [7, 11) is 0. The minimum Gasteiger partial charge on any atom is -0.493 e. The lowest BCUT2D eigenvalue weighted by molar-refractivity contribution is -0.0930. The average molecular weight is 480 g/mol. The van der Waals surface area contributed by atoms with Gasteiger partial charge >= 0.3 is 6.18 Å². The highest BCUT2D eigenvalue weighted by Gasteiger charge is 2.45. The SMILES string of the molecule is CC1CC2CC(C)CC(COc3cc(F)c(C(=O)N4CC=C(C(F)(F)F)C4)cc3C3CC3)(C1)C2. The number of nitrogens with zero attached hydrogens (tertiary/aromatic N) is 1. The Labute approximate surface area is 198 Å². The van der Waals surface area contributed by atoms with Crippen molar-refractivity contribution in [3.05, 3.63) is 40.7 Å². The van der Waals surface area contributed by atoms with E-state index in [0.29, 0.717) is 24.2 Å². The molecule has 3 saturated carbocycles. The van der Waals surface area contributed by atoms with E-state index in [1.807, 2.05) is 0 Å². The predicted octanol–water partition coefficient (Wildman–Crippen LogP) is 6.88. The molecule has 1 aliphatic heterocycles. The minimum atomic E-state index is -4.48. The second kappa shape index (κ2) is 8.56. The van der Waals surface area contributed by atoms with Gasteiger partial charge in [-0.2, -0.15) is 13.2 Å². The molecule has 4 aliphatic rings. The van der Waals surface area contributed by atoms with Crippen LogP contribution in [0.4, 0.5) is 17.6 Å². The van der Waals surface area contributed by atoms with Crippen LogP contribution in [0.2, 0.25) is 0 Å². The van der Waals surface area contributed by atoms with E-state index in [0.717, 1.165) is 54.6 Å². The third-order valence-electron chi connectivity index (χ3n) is 8.21. The van der Waals surface area contributed by atoms with Gasteiger partial charge in [0.1, 0.15) is 11.6 Å². The molecule has 3 nitrogen and oxygen atoms in total. The van der Waals surface area contributed by atoms with Crippen LogP contribution in [0.3, 0.4) is 0 Å². The van der Waals surface area contributed by atoms with Gasteiger partial charge in [0.25, 0.3) is 5.91 Å². The zero-order valence-electron chi connectivity index (χ0n) is 19.9. The fourth-order valence-corrected chi connectivity index (χ4v) is 6.98. The van der Waals surface area contributed by atoms with Crippen molar-refractivity contribution in [2.24, 2.45) is 23.2 Å². The number of rotatable bonds is 5. The molecule has 7 heteroatoms. The zero-order valence-corrected chi connectivity index (χ0v) is 19.9. The van der Waals surface area contributed by atoms with Crippen molar-refractivity contribution >= 4 is 5.91 Å². The molecule has 186 valence electrons. The molecule has 2 bridgehead atoms. The van der Waals surface area contributed by atoms with Gasteiger partial charge in [0, 0.05) is 18.0 Å². The second-order valence-corrected chi connectivity index (χ2v) is 11.5. The molecule has 1 aromatic rings. The van der Waals surface area contributed by atoms with E-state index in [9.17, 15) is 18.0 Å². The van der Waals surface area contributed by atoms with Crippen LogP contribution in [0.5, 0.6) is 5.75 Å². The molecule has 3 aliphatic carbocycles. The first-order chi connectivity index (χ1) is 16.0. The van der Waals surface area contributed by atoms with Crippen LogP contribution in [-0.2, 0) is 0 Å². The number of hydrogen-bond acceptors (Lipinski definition) is 2. The maximum absolute atomic E-state index is 15.1. The van der Waals surface area contributed by atoms with Crippen molar-refractivity contribution in [2.75, 3.05) is 19.7 Å². The van der Waals surface area contributed by atoms with E-state index in [2.05, 4.69) is 13.8 Å². The molecule has 0 N–H and O–H groups in total. The lowest BCUT2D eigenvalue weighted by Crippen LogP contribution is -2.43. The number of amides is 1. The molecule has 0 radical (unpaired) electrons. The Balaban J connectivity index is 1.34. The number of carbonyl (C=O) groups excluding carboxylic acids is 1. The van der Waals surface area contributed by atoms with Gasteiger partial charge in [0.05, 0.1) is 24.3 Å². The van der Waals surface area contributed by atoms with Gasteiger partial charge in [0.2, 0.25) is 0 Å². The Hall–Kier alpha value is -2.05. The topological polar surface area (TPSA) is 29.5 Å². The van der Waals surface area contributed by atoms with E-state index >= 15 is 4.39 Å². The van der Waals surface area contributed by atoms with Crippen LogP contribution >= 0.6 is 0 Å². The third kappa shape index (κ3) is 4.72. The number of carbonyl (C=O) groups is 1. The Morgan fingerprint density at radius 3 is 2.38 bits per heavy atom. The van der Waals surface area contributed by atoms with E-state index < -0.39 is 30.0 Å². The van der Waals surface area contributed by atoms with E-state index in [4.69, 9.17) is 4.74 Å². The van der Waals surface area contributed by atoms with Gasteiger partial charge in [-0.1, -0.05) is 19.9 Å². The van der Waals surface area contributed by atoms with E-state index in [1.54, 1.807) is 0 Å². The van der Waals surface area contributed by atoms with Gasteiger partial charge in [-0.25, -0.2) is 4.39 Å². The van der Waals surface area contributed by atoms with Gasteiger partial charge in [0.15, 0.2) is 0 Å². The predicted molar refractivity (Wildman–Crippen MR) is 121 cm³/mol. The molecule has 0 spiro atoms. The highest BCUT2D eigenvalue weighted by Crippen LogP contribution is 2.53. The van der Waals surface area contributed by atoms with Crippen LogP contribution in [0.1, 0.15) is 80.6 Å². The van der Waals surface area contributed by atoms with Crippen molar-refractivity contribution in [3.8, 4) is 5.75 Å². The molecule has 1 heterocycles. The van der Waals surface area contributed by atoms with Gasteiger partial charge in [-0.3, -0.25) is 4.79 Å². The summed E-state index contributed by atoms with van der Waals surface area (Å²) < 4.78 is 60.4. The van der Waals surface area contributed by atoms with Crippen LogP contribution in [0.25, 0.3) is 0 Å². The summed E-state index contributed by atoms with van der Waals surface area (Å²) in [6.45, 7) is 4.46. The van der Waals surface area contributed by atoms with E-state index in [-0.39, 0.29) is 23.4 Å². The van der Waals surface area contributed by atoms with E-state index in [1.165, 1.54) is 25.0 Å². The quantitative estimate of drug-likeness (QED) is 0.340. The molecule has 2 unspecified atom stereocenters. The summed E-state index contributed by atoms with van der Waals surface area (Å²) >= 11 is 0. The molecule has 2 atom stereocenters. The maximum atomic E-state index is 15.1. The highest BCUT2D eigenvalue weighted by molar-refractivity contribution is 5.95. The van der Waals surface area contributed by atoms with Crippen LogP contribution < -0.4 is 4.74 Å². The molecule has 34 heavy (non-hydrogen) atoms. The van der Waals surface area contributed by atoms with Crippen molar-refractivity contribution in [1.82, 2.24) is 4.90 Å². The Bertz CT molecular complexity index is 978. The van der Waals surface area contributed by atoms with Gasteiger partial charge < -0.3 is 9.64 Å². The number of benzene rings is 1. The number of halogens is 4. The summed E-state index contributed by atoms with van der Waals surface area (Å²) in [5.74, 6) is 1.32. The average Bonchev–Trinajstić information content (AvgIpc) is 3.44. The number of ether oxygens (including phenoxy) is 1. The summed E-state index contributed by atoms with van der Waals surface area (Å²) in [6, 6.07) is 2.82. The monoisotopic (exact) mass is 479 g/mol. The highest BCUT2D eigenvalue weighted by atomic mass is 19.4. The zero-order chi connectivity index (χ0) is 24.3. The number of hydrogen-bond donors (Lipinski definition) is 0. The van der Waals surface area contributed by atoms with Crippen LogP contribution in [0, 0.1) is 29.0 Å². The van der Waals surface area contributed by atoms with Crippen molar-refractivity contribution in [1.29, 1.82) is 0 Å². The Morgan fingerprint density at radius 2 is 1.79 bits per heavy atom. The van der Waals surface area contributed by atoms with Crippen molar-refractivity contribution < 1.29 is 27.1 Å². The molecular formula is C27H33F4NO2. The first kappa shape index (κ1) is 23.7. The third-order valence-corrected chi connectivity index (χ3v) is 8.21. The molecule has 5 rings (SSSR count). The fourth-order valence-electron chi connectivity index (χ4n) is 6.98. The minimum absolute atomic E-state index is 0.112. The molecule has 0 aromatic heterocycles.